The van der Waals surface area contributed by atoms with E-state index in [1.54, 1.807) is 30.7 Å². The van der Waals surface area contributed by atoms with Crippen molar-refractivity contribution in [2.75, 3.05) is 19.8 Å². The average molecular weight is 552 g/mol. The van der Waals surface area contributed by atoms with Crippen LogP contribution in [0.3, 0.4) is 0 Å². The highest BCUT2D eigenvalue weighted by molar-refractivity contribution is 6.46. The number of nitrogens with zero attached hydrogens (tertiary/aromatic N) is 3. The summed E-state index contributed by atoms with van der Waals surface area (Å²) in [5.74, 6) is -0.0287. The minimum atomic E-state index is -0.800. The highest BCUT2D eigenvalue weighted by Gasteiger charge is 2.46. The summed E-state index contributed by atoms with van der Waals surface area (Å²) in [6.45, 7) is 2.12. The van der Waals surface area contributed by atoms with Crippen LogP contribution in [0.15, 0.2) is 97.1 Å². The van der Waals surface area contributed by atoms with Gasteiger partial charge in [0, 0.05) is 31.0 Å². The fraction of sp³-hybridized carbons (Fsp3) is 0.219. The lowest BCUT2D eigenvalue weighted by molar-refractivity contribution is -0.139. The second-order valence-corrected chi connectivity index (χ2v) is 9.85. The summed E-state index contributed by atoms with van der Waals surface area (Å²) < 4.78 is 19.2. The van der Waals surface area contributed by atoms with Crippen molar-refractivity contribution in [2.24, 2.45) is 0 Å². The van der Waals surface area contributed by atoms with Gasteiger partial charge in [-0.05, 0) is 47.9 Å². The predicted octanol–water partition coefficient (Wildman–Crippen LogP) is 4.75. The molecular formula is C32H29N3O6. The van der Waals surface area contributed by atoms with E-state index >= 15 is 0 Å². The third kappa shape index (κ3) is 5.51. The smallest absolute Gasteiger partial charge is 0.295 e. The molecule has 0 bridgehead atoms. The van der Waals surface area contributed by atoms with E-state index in [0.717, 1.165) is 5.56 Å². The highest BCUT2D eigenvalue weighted by atomic mass is 16.6. The van der Waals surface area contributed by atoms with Crippen molar-refractivity contribution < 1.29 is 28.9 Å². The van der Waals surface area contributed by atoms with Crippen molar-refractivity contribution in [3.8, 4) is 17.2 Å². The fourth-order valence-corrected chi connectivity index (χ4v) is 5.16. The van der Waals surface area contributed by atoms with E-state index in [9.17, 15) is 14.7 Å². The molecule has 0 spiro atoms. The Morgan fingerprint density at radius 1 is 0.951 bits per heavy atom. The summed E-state index contributed by atoms with van der Waals surface area (Å²) in [7, 11) is 0. The molecule has 2 aliphatic rings. The maximum absolute atomic E-state index is 13.5. The number of benzene rings is 3. The molecule has 0 saturated carbocycles. The SMILES string of the molecule is O=C1C(=O)N(CCCn2ccnc2)C(c2cccc(OCc3ccccc3)c2)/C1=C(\O)c1ccc2c(c1)OCCO2. The number of amides is 1. The molecule has 1 atom stereocenters. The number of hydrogen-bond acceptors (Lipinski definition) is 7. The van der Waals surface area contributed by atoms with Gasteiger partial charge in [-0.1, -0.05) is 42.5 Å². The quantitative estimate of drug-likeness (QED) is 0.182. The Morgan fingerprint density at radius 3 is 2.59 bits per heavy atom. The van der Waals surface area contributed by atoms with Crippen LogP contribution >= 0.6 is 0 Å². The Bertz CT molecular complexity index is 1580. The molecule has 1 saturated heterocycles. The van der Waals surface area contributed by atoms with E-state index in [0.29, 0.717) is 67.7 Å². The molecule has 1 amide bonds. The second kappa shape index (κ2) is 11.6. The van der Waals surface area contributed by atoms with Crippen LogP contribution in [-0.2, 0) is 22.7 Å². The Kier molecular flexibility index (Phi) is 7.40. The molecule has 0 aliphatic carbocycles. The molecule has 41 heavy (non-hydrogen) atoms. The topological polar surface area (TPSA) is 103 Å². The standard InChI is InChI=1S/C32H29N3O6/c36-30(24-10-11-26-27(19-24)40-17-16-39-26)28-29(35(32(38)31(28)37)14-5-13-34-15-12-33-21-34)23-8-4-9-25(18-23)41-20-22-6-2-1-3-7-22/h1-4,6-12,15,18-19,21,29,36H,5,13-14,16-17,20H2/b30-28+. The zero-order valence-corrected chi connectivity index (χ0v) is 22.3. The minimum Gasteiger partial charge on any atom is -0.507 e. The average Bonchev–Trinajstić information content (AvgIpc) is 3.62. The van der Waals surface area contributed by atoms with E-state index in [2.05, 4.69) is 4.98 Å². The van der Waals surface area contributed by atoms with E-state index in [1.807, 2.05) is 65.4 Å². The van der Waals surface area contributed by atoms with Crippen LogP contribution in [0.1, 0.15) is 29.2 Å². The highest BCUT2D eigenvalue weighted by Crippen LogP contribution is 2.42. The first-order valence-electron chi connectivity index (χ1n) is 13.5. The molecule has 1 aromatic heterocycles. The Labute approximate surface area is 237 Å². The number of Topliss-reactive ketones (excluding diaryl/α,β-unsaturated/α-hetero) is 1. The van der Waals surface area contributed by atoms with Crippen molar-refractivity contribution in [3.05, 3.63) is 114 Å². The lowest BCUT2D eigenvalue weighted by Gasteiger charge is -2.26. The number of carbonyl (C=O) groups excluding carboxylic acids is 2. The monoisotopic (exact) mass is 551 g/mol. The third-order valence-corrected chi connectivity index (χ3v) is 7.15. The molecule has 1 unspecified atom stereocenters. The van der Waals surface area contributed by atoms with Gasteiger partial charge in [0.2, 0.25) is 0 Å². The lowest BCUT2D eigenvalue weighted by atomic mass is 9.95. The van der Waals surface area contributed by atoms with E-state index in [1.165, 1.54) is 4.90 Å². The fourth-order valence-electron chi connectivity index (χ4n) is 5.16. The first-order chi connectivity index (χ1) is 20.1. The number of fused-ring (bicyclic) bond motifs is 1. The Morgan fingerprint density at radius 2 is 1.78 bits per heavy atom. The van der Waals surface area contributed by atoms with Crippen LogP contribution in [0.5, 0.6) is 17.2 Å². The van der Waals surface area contributed by atoms with Gasteiger partial charge in [-0.3, -0.25) is 9.59 Å². The van der Waals surface area contributed by atoms with Gasteiger partial charge >= 0.3 is 0 Å². The van der Waals surface area contributed by atoms with Crippen LogP contribution in [0.4, 0.5) is 0 Å². The maximum atomic E-state index is 13.5. The number of carbonyl (C=O) groups is 2. The van der Waals surface area contributed by atoms with Gasteiger partial charge in [-0.15, -0.1) is 0 Å². The number of aryl methyl sites for hydroxylation is 1. The first-order valence-corrected chi connectivity index (χ1v) is 13.5. The third-order valence-electron chi connectivity index (χ3n) is 7.15. The van der Waals surface area contributed by atoms with Gasteiger partial charge in [-0.2, -0.15) is 0 Å². The maximum Gasteiger partial charge on any atom is 0.295 e. The molecule has 3 heterocycles. The summed E-state index contributed by atoms with van der Waals surface area (Å²) >= 11 is 0. The van der Waals surface area contributed by atoms with Crippen LogP contribution < -0.4 is 14.2 Å². The summed E-state index contributed by atoms with van der Waals surface area (Å²) in [6, 6.07) is 21.3. The summed E-state index contributed by atoms with van der Waals surface area (Å²) in [5.41, 5.74) is 2.07. The zero-order valence-electron chi connectivity index (χ0n) is 22.3. The molecule has 2 aliphatic heterocycles. The molecule has 1 fully saturated rings. The minimum absolute atomic E-state index is 0.0227. The molecule has 208 valence electrons. The largest absolute Gasteiger partial charge is 0.507 e. The number of imidazole rings is 1. The van der Waals surface area contributed by atoms with Gasteiger partial charge in [0.15, 0.2) is 11.5 Å². The number of ether oxygens (including phenoxy) is 3. The molecule has 6 rings (SSSR count). The van der Waals surface area contributed by atoms with Crippen LogP contribution in [-0.4, -0.2) is 51.0 Å². The number of aliphatic hydroxyl groups excluding tert-OH is 1. The van der Waals surface area contributed by atoms with Gasteiger partial charge in [0.25, 0.3) is 11.7 Å². The molecule has 0 radical (unpaired) electrons. The summed E-state index contributed by atoms with van der Waals surface area (Å²) in [6.07, 6.45) is 5.84. The molecule has 9 nitrogen and oxygen atoms in total. The second-order valence-electron chi connectivity index (χ2n) is 9.85. The van der Waals surface area contributed by atoms with Gasteiger partial charge in [0.1, 0.15) is 31.3 Å². The predicted molar refractivity (Wildman–Crippen MR) is 151 cm³/mol. The van der Waals surface area contributed by atoms with Crippen molar-refractivity contribution in [1.29, 1.82) is 0 Å². The van der Waals surface area contributed by atoms with Crippen molar-refractivity contribution in [2.45, 2.75) is 25.6 Å². The van der Waals surface area contributed by atoms with E-state index in [4.69, 9.17) is 14.2 Å². The lowest BCUT2D eigenvalue weighted by Crippen LogP contribution is -2.31. The zero-order chi connectivity index (χ0) is 28.2. The molecular weight excluding hydrogens is 522 g/mol. The van der Waals surface area contributed by atoms with Crippen LogP contribution in [0.25, 0.3) is 5.76 Å². The number of ketones is 1. The van der Waals surface area contributed by atoms with Crippen LogP contribution in [0.2, 0.25) is 0 Å². The number of hydrogen-bond donors (Lipinski definition) is 1. The Balaban J connectivity index is 1.35. The van der Waals surface area contributed by atoms with Gasteiger partial charge in [0.05, 0.1) is 17.9 Å². The summed E-state index contributed by atoms with van der Waals surface area (Å²) in [4.78, 5) is 32.5. The Hall–Kier alpha value is -5.05. The summed E-state index contributed by atoms with van der Waals surface area (Å²) in [5, 5.41) is 11.5. The van der Waals surface area contributed by atoms with Gasteiger partial charge in [-0.25, -0.2) is 4.98 Å². The van der Waals surface area contributed by atoms with Crippen molar-refractivity contribution in [3.63, 3.8) is 0 Å². The number of aromatic nitrogens is 2. The van der Waals surface area contributed by atoms with E-state index < -0.39 is 17.7 Å². The van der Waals surface area contributed by atoms with Crippen molar-refractivity contribution >= 4 is 17.4 Å². The number of rotatable bonds is 9. The molecule has 4 aromatic rings. The molecule has 1 N–H and O–H groups in total. The van der Waals surface area contributed by atoms with Crippen LogP contribution in [0, 0.1) is 0 Å². The molecule has 9 heteroatoms. The van der Waals surface area contributed by atoms with Crippen molar-refractivity contribution in [1.82, 2.24) is 14.5 Å². The number of aliphatic hydroxyl groups is 1. The number of likely N-dealkylation sites (tertiary alicyclic amines) is 1. The van der Waals surface area contributed by atoms with E-state index in [-0.39, 0.29) is 11.3 Å². The first kappa shape index (κ1) is 26.2. The molecule has 3 aromatic carbocycles. The van der Waals surface area contributed by atoms with Gasteiger partial charge < -0.3 is 28.8 Å². The normalized spacial score (nSPS) is 17.6.